The SMILES string of the molecule is FC(F)CN1CCSc2ccc(NCc3cc(-c4ccccc4)n[nH]3)cc21. The number of hydrogen-bond donors (Lipinski definition) is 2. The van der Waals surface area contributed by atoms with Crippen LogP contribution in [0.2, 0.25) is 0 Å². The van der Waals surface area contributed by atoms with Crippen molar-refractivity contribution in [3.63, 3.8) is 0 Å². The van der Waals surface area contributed by atoms with E-state index in [1.165, 1.54) is 0 Å². The van der Waals surface area contributed by atoms with Crippen molar-refractivity contribution in [2.45, 2.75) is 17.9 Å². The molecule has 4 rings (SSSR count). The maximum Gasteiger partial charge on any atom is 0.255 e. The summed E-state index contributed by atoms with van der Waals surface area (Å²) in [5.41, 5.74) is 4.72. The largest absolute Gasteiger partial charge is 0.379 e. The number of aromatic amines is 1. The van der Waals surface area contributed by atoms with E-state index in [9.17, 15) is 8.78 Å². The van der Waals surface area contributed by atoms with E-state index in [2.05, 4.69) is 15.5 Å². The van der Waals surface area contributed by atoms with Crippen LogP contribution >= 0.6 is 11.8 Å². The first-order valence-corrected chi connectivity index (χ1v) is 9.81. The third-order valence-corrected chi connectivity index (χ3v) is 5.50. The number of alkyl halides is 2. The van der Waals surface area contributed by atoms with Crippen LogP contribution in [-0.2, 0) is 6.54 Å². The zero-order valence-electron chi connectivity index (χ0n) is 14.7. The molecule has 7 heteroatoms. The van der Waals surface area contributed by atoms with E-state index in [0.29, 0.717) is 13.1 Å². The van der Waals surface area contributed by atoms with Crippen LogP contribution in [0.1, 0.15) is 5.69 Å². The molecule has 1 aliphatic rings. The molecule has 2 heterocycles. The number of aromatic nitrogens is 2. The number of H-pyrrole nitrogens is 1. The summed E-state index contributed by atoms with van der Waals surface area (Å²) < 4.78 is 25.7. The fourth-order valence-electron chi connectivity index (χ4n) is 3.15. The first-order chi connectivity index (χ1) is 13.2. The third-order valence-electron chi connectivity index (χ3n) is 4.46. The highest BCUT2D eigenvalue weighted by Gasteiger charge is 2.20. The Kier molecular flexibility index (Phi) is 5.29. The van der Waals surface area contributed by atoms with Crippen LogP contribution < -0.4 is 10.2 Å². The Morgan fingerprint density at radius 2 is 2.00 bits per heavy atom. The minimum absolute atomic E-state index is 0.224. The van der Waals surface area contributed by atoms with E-state index in [1.54, 1.807) is 16.7 Å². The second-order valence-electron chi connectivity index (χ2n) is 6.37. The average molecular weight is 386 g/mol. The van der Waals surface area contributed by atoms with Crippen molar-refractivity contribution in [2.24, 2.45) is 0 Å². The molecule has 1 aromatic heterocycles. The summed E-state index contributed by atoms with van der Waals surface area (Å²) in [5.74, 6) is 0.836. The van der Waals surface area contributed by atoms with E-state index in [1.807, 2.05) is 54.6 Å². The summed E-state index contributed by atoms with van der Waals surface area (Å²) in [6.45, 7) is 1.01. The topological polar surface area (TPSA) is 44.0 Å². The quantitative estimate of drug-likeness (QED) is 0.635. The number of thioether (sulfide) groups is 1. The standard InChI is InChI=1S/C20H20F2N4S/c21-20(22)13-26-8-9-27-19-7-6-15(11-18(19)26)23-12-16-10-17(25-24-16)14-4-2-1-3-5-14/h1-7,10-11,20,23H,8-9,12-13H2,(H,24,25). The van der Waals surface area contributed by atoms with Gasteiger partial charge in [0, 0.05) is 28.4 Å². The second kappa shape index (κ2) is 8.00. The van der Waals surface area contributed by atoms with Crippen LogP contribution in [0.4, 0.5) is 20.2 Å². The van der Waals surface area contributed by atoms with Gasteiger partial charge in [0.2, 0.25) is 0 Å². The molecule has 2 aromatic carbocycles. The van der Waals surface area contributed by atoms with E-state index >= 15 is 0 Å². The molecule has 0 atom stereocenters. The molecular weight excluding hydrogens is 366 g/mol. The number of nitrogens with one attached hydrogen (secondary N) is 2. The van der Waals surface area contributed by atoms with Gasteiger partial charge >= 0.3 is 0 Å². The second-order valence-corrected chi connectivity index (χ2v) is 7.50. The maximum atomic E-state index is 12.9. The molecule has 27 heavy (non-hydrogen) atoms. The molecule has 0 spiro atoms. The van der Waals surface area contributed by atoms with Crippen LogP contribution in [-0.4, -0.2) is 35.5 Å². The monoisotopic (exact) mass is 386 g/mol. The van der Waals surface area contributed by atoms with Crippen LogP contribution in [0, 0.1) is 0 Å². The molecule has 0 unspecified atom stereocenters. The smallest absolute Gasteiger partial charge is 0.255 e. The molecule has 1 aliphatic heterocycles. The van der Waals surface area contributed by atoms with Gasteiger partial charge in [0.05, 0.1) is 30.2 Å². The Balaban J connectivity index is 1.45. The molecule has 140 valence electrons. The molecule has 2 N–H and O–H groups in total. The Labute approximate surface area is 161 Å². The molecular formula is C20H20F2N4S. The summed E-state index contributed by atoms with van der Waals surface area (Å²) in [6.07, 6.45) is -2.33. The van der Waals surface area contributed by atoms with E-state index < -0.39 is 6.43 Å². The first kappa shape index (κ1) is 17.9. The summed E-state index contributed by atoms with van der Waals surface area (Å²) in [5, 5.41) is 10.8. The number of halogens is 2. The lowest BCUT2D eigenvalue weighted by Crippen LogP contribution is -2.33. The Morgan fingerprint density at radius 3 is 2.81 bits per heavy atom. The zero-order chi connectivity index (χ0) is 18.6. The van der Waals surface area contributed by atoms with Gasteiger partial charge < -0.3 is 10.2 Å². The molecule has 0 bridgehead atoms. The summed E-state index contributed by atoms with van der Waals surface area (Å²) in [4.78, 5) is 2.83. The van der Waals surface area contributed by atoms with Crippen molar-refractivity contribution in [3.8, 4) is 11.3 Å². The van der Waals surface area contributed by atoms with Crippen LogP contribution in [0.15, 0.2) is 59.5 Å². The Morgan fingerprint density at radius 1 is 1.15 bits per heavy atom. The van der Waals surface area contributed by atoms with Gasteiger partial charge in [-0.3, -0.25) is 5.10 Å². The van der Waals surface area contributed by atoms with Crippen LogP contribution in [0.5, 0.6) is 0 Å². The van der Waals surface area contributed by atoms with Crippen molar-refractivity contribution in [2.75, 3.05) is 29.1 Å². The van der Waals surface area contributed by atoms with E-state index in [0.717, 1.165) is 39.0 Å². The van der Waals surface area contributed by atoms with Gasteiger partial charge in [0.25, 0.3) is 6.43 Å². The molecule has 0 saturated heterocycles. The van der Waals surface area contributed by atoms with E-state index in [4.69, 9.17) is 0 Å². The number of anilines is 2. The van der Waals surface area contributed by atoms with Crippen molar-refractivity contribution in [3.05, 3.63) is 60.3 Å². The van der Waals surface area contributed by atoms with Gasteiger partial charge in [-0.05, 0) is 24.3 Å². The minimum Gasteiger partial charge on any atom is -0.379 e. The normalized spacial score (nSPS) is 13.7. The maximum absolute atomic E-state index is 12.9. The van der Waals surface area contributed by atoms with Crippen molar-refractivity contribution in [1.29, 1.82) is 0 Å². The van der Waals surface area contributed by atoms with Crippen LogP contribution in [0.25, 0.3) is 11.3 Å². The Hall–Kier alpha value is -2.54. The van der Waals surface area contributed by atoms with E-state index in [-0.39, 0.29) is 6.54 Å². The highest BCUT2D eigenvalue weighted by atomic mass is 32.2. The molecule has 3 aromatic rings. The van der Waals surface area contributed by atoms with Gasteiger partial charge in [-0.25, -0.2) is 8.78 Å². The van der Waals surface area contributed by atoms with Crippen molar-refractivity contribution < 1.29 is 8.78 Å². The zero-order valence-corrected chi connectivity index (χ0v) is 15.5. The number of benzene rings is 2. The Bertz CT molecular complexity index is 898. The number of rotatable bonds is 6. The summed E-state index contributed by atoms with van der Waals surface area (Å²) in [7, 11) is 0. The predicted octanol–water partition coefficient (Wildman–Crippen LogP) is 4.87. The molecule has 0 radical (unpaired) electrons. The van der Waals surface area contributed by atoms with Gasteiger partial charge in [0.1, 0.15) is 0 Å². The van der Waals surface area contributed by atoms with Crippen molar-refractivity contribution >= 4 is 23.1 Å². The van der Waals surface area contributed by atoms with Gasteiger partial charge in [0.15, 0.2) is 0 Å². The third kappa shape index (κ3) is 4.24. The summed E-state index contributed by atoms with van der Waals surface area (Å²) >= 11 is 1.71. The summed E-state index contributed by atoms with van der Waals surface area (Å²) in [6, 6.07) is 17.9. The minimum atomic E-state index is -2.33. The molecule has 0 saturated carbocycles. The fourth-order valence-corrected chi connectivity index (χ4v) is 4.18. The number of hydrogen-bond acceptors (Lipinski definition) is 4. The predicted molar refractivity (Wildman–Crippen MR) is 107 cm³/mol. The number of fused-ring (bicyclic) bond motifs is 1. The average Bonchev–Trinajstić information content (AvgIpc) is 3.16. The lowest BCUT2D eigenvalue weighted by Gasteiger charge is -2.31. The molecule has 4 nitrogen and oxygen atoms in total. The lowest BCUT2D eigenvalue weighted by atomic mass is 10.1. The van der Waals surface area contributed by atoms with Crippen LogP contribution in [0.3, 0.4) is 0 Å². The van der Waals surface area contributed by atoms with Gasteiger partial charge in [-0.15, -0.1) is 11.8 Å². The van der Waals surface area contributed by atoms with Gasteiger partial charge in [-0.1, -0.05) is 30.3 Å². The first-order valence-electron chi connectivity index (χ1n) is 8.82. The molecule has 0 aliphatic carbocycles. The number of nitrogens with zero attached hydrogens (tertiary/aromatic N) is 2. The highest BCUT2D eigenvalue weighted by Crippen LogP contribution is 2.37. The highest BCUT2D eigenvalue weighted by molar-refractivity contribution is 7.99. The fraction of sp³-hybridized carbons (Fsp3) is 0.250. The molecule has 0 amide bonds. The van der Waals surface area contributed by atoms with Crippen molar-refractivity contribution in [1.82, 2.24) is 10.2 Å². The molecule has 0 fully saturated rings. The lowest BCUT2D eigenvalue weighted by molar-refractivity contribution is 0.155. The van der Waals surface area contributed by atoms with Gasteiger partial charge in [-0.2, -0.15) is 5.10 Å².